The minimum atomic E-state index is 0. The van der Waals surface area contributed by atoms with Crippen LogP contribution < -0.4 is 5.32 Å². The summed E-state index contributed by atoms with van der Waals surface area (Å²) < 4.78 is 5.86. The van der Waals surface area contributed by atoms with Crippen LogP contribution in [0.4, 0.5) is 0 Å². The summed E-state index contributed by atoms with van der Waals surface area (Å²) >= 11 is 12.1. The first-order valence-electron chi connectivity index (χ1n) is 7.41. The molecule has 0 atom stereocenters. The predicted octanol–water partition coefficient (Wildman–Crippen LogP) is 6.27. The number of nitrogens with one attached hydrogen (secondary N) is 1. The van der Waals surface area contributed by atoms with E-state index in [9.17, 15) is 0 Å². The Morgan fingerprint density at radius 2 is 1.54 bits per heavy atom. The fraction of sp³-hybridized carbons (Fsp3) is 0.158. The quantitative estimate of drug-likeness (QED) is 0.562. The minimum absolute atomic E-state index is 0. The number of aryl methyl sites for hydroxylation is 1. The van der Waals surface area contributed by atoms with Crippen molar-refractivity contribution < 1.29 is 4.42 Å². The summed E-state index contributed by atoms with van der Waals surface area (Å²) in [5, 5.41) is 4.58. The van der Waals surface area contributed by atoms with Gasteiger partial charge in [0.1, 0.15) is 11.5 Å². The monoisotopic (exact) mass is 381 g/mol. The number of halogens is 3. The third kappa shape index (κ3) is 5.02. The van der Waals surface area contributed by atoms with Gasteiger partial charge >= 0.3 is 0 Å². The predicted molar refractivity (Wildman–Crippen MR) is 103 cm³/mol. The molecule has 0 unspecified atom stereocenters. The van der Waals surface area contributed by atoms with E-state index in [0.29, 0.717) is 16.6 Å². The molecule has 1 heterocycles. The Hall–Kier alpha value is -1.45. The molecular formula is C19H18Cl3NO. The lowest BCUT2D eigenvalue weighted by Crippen LogP contribution is -2.11. The van der Waals surface area contributed by atoms with Gasteiger partial charge in [0.05, 0.1) is 6.54 Å². The van der Waals surface area contributed by atoms with Gasteiger partial charge in [0.15, 0.2) is 0 Å². The van der Waals surface area contributed by atoms with Crippen LogP contribution >= 0.6 is 35.6 Å². The molecule has 0 aliphatic heterocycles. The number of furan rings is 1. The van der Waals surface area contributed by atoms with Crippen LogP contribution in [0, 0.1) is 6.92 Å². The van der Waals surface area contributed by atoms with Crippen molar-refractivity contribution in [3.8, 4) is 11.3 Å². The normalized spacial score (nSPS) is 10.5. The number of benzene rings is 2. The summed E-state index contributed by atoms with van der Waals surface area (Å²) in [7, 11) is 0. The van der Waals surface area contributed by atoms with Crippen LogP contribution in [0.2, 0.25) is 10.0 Å². The van der Waals surface area contributed by atoms with Crippen molar-refractivity contribution in [3.05, 3.63) is 81.5 Å². The zero-order valence-corrected chi connectivity index (χ0v) is 15.5. The molecule has 0 amide bonds. The fourth-order valence-corrected chi connectivity index (χ4v) is 2.89. The van der Waals surface area contributed by atoms with E-state index in [1.165, 1.54) is 11.1 Å². The highest BCUT2D eigenvalue weighted by Gasteiger charge is 2.07. The molecule has 0 aliphatic rings. The first-order chi connectivity index (χ1) is 11.1. The third-order valence-electron chi connectivity index (χ3n) is 3.56. The molecule has 126 valence electrons. The van der Waals surface area contributed by atoms with Gasteiger partial charge < -0.3 is 9.73 Å². The Bertz CT molecular complexity index is 776. The molecule has 2 nitrogen and oxygen atoms in total. The molecule has 2 aromatic carbocycles. The van der Waals surface area contributed by atoms with Crippen molar-refractivity contribution >= 4 is 35.6 Å². The first-order valence-corrected chi connectivity index (χ1v) is 8.17. The second kappa shape index (κ2) is 8.59. The van der Waals surface area contributed by atoms with Gasteiger partial charge in [0, 0.05) is 22.2 Å². The Morgan fingerprint density at radius 3 is 2.21 bits per heavy atom. The smallest absolute Gasteiger partial charge is 0.134 e. The lowest BCUT2D eigenvalue weighted by atomic mass is 10.1. The van der Waals surface area contributed by atoms with Crippen LogP contribution in [0.25, 0.3) is 11.3 Å². The second-order valence-corrected chi connectivity index (χ2v) is 6.39. The summed E-state index contributed by atoms with van der Waals surface area (Å²) in [6.07, 6.45) is 0. The number of hydrogen-bond donors (Lipinski definition) is 1. The summed E-state index contributed by atoms with van der Waals surface area (Å²) in [6, 6.07) is 17.8. The van der Waals surface area contributed by atoms with E-state index in [1.54, 1.807) is 6.07 Å². The van der Waals surface area contributed by atoms with E-state index in [1.807, 2.05) is 24.3 Å². The number of rotatable bonds is 5. The summed E-state index contributed by atoms with van der Waals surface area (Å²) in [4.78, 5) is 0. The standard InChI is InChI=1S/C19H17Cl2NO.ClH/c1-13-2-4-14(5-3-13)11-22-12-18-6-7-19(23-18)15-8-16(20)10-17(21)9-15;/h2-10,22H,11-12H2,1H3;1H. The van der Waals surface area contributed by atoms with Gasteiger partial charge in [-0.05, 0) is 42.8 Å². The molecule has 0 spiro atoms. The van der Waals surface area contributed by atoms with Crippen molar-refractivity contribution in [1.29, 1.82) is 0 Å². The lowest BCUT2D eigenvalue weighted by molar-refractivity contribution is 0.493. The minimum Gasteiger partial charge on any atom is -0.460 e. The van der Waals surface area contributed by atoms with E-state index < -0.39 is 0 Å². The SMILES string of the molecule is Cc1ccc(CNCc2ccc(-c3cc(Cl)cc(Cl)c3)o2)cc1.Cl. The lowest BCUT2D eigenvalue weighted by Gasteiger charge is -2.04. The molecule has 0 aliphatic carbocycles. The van der Waals surface area contributed by atoms with E-state index in [4.69, 9.17) is 27.6 Å². The molecular weight excluding hydrogens is 365 g/mol. The topological polar surface area (TPSA) is 25.2 Å². The Kier molecular flexibility index (Phi) is 6.76. The van der Waals surface area contributed by atoms with Crippen molar-refractivity contribution in [3.63, 3.8) is 0 Å². The highest BCUT2D eigenvalue weighted by atomic mass is 35.5. The first kappa shape index (κ1) is 18.9. The van der Waals surface area contributed by atoms with Gasteiger partial charge in [0.2, 0.25) is 0 Å². The summed E-state index contributed by atoms with van der Waals surface area (Å²) in [6.45, 7) is 3.56. The Labute approximate surface area is 158 Å². The van der Waals surface area contributed by atoms with E-state index in [2.05, 4.69) is 36.5 Å². The molecule has 1 aromatic heterocycles. The summed E-state index contributed by atoms with van der Waals surface area (Å²) in [5.41, 5.74) is 3.40. The number of hydrogen-bond acceptors (Lipinski definition) is 2. The van der Waals surface area contributed by atoms with Crippen LogP contribution in [0.15, 0.2) is 59.0 Å². The molecule has 0 saturated carbocycles. The van der Waals surface area contributed by atoms with Gasteiger partial charge in [-0.3, -0.25) is 0 Å². The maximum Gasteiger partial charge on any atom is 0.134 e. The van der Waals surface area contributed by atoms with Gasteiger partial charge in [-0.15, -0.1) is 12.4 Å². The van der Waals surface area contributed by atoms with E-state index >= 15 is 0 Å². The molecule has 0 fully saturated rings. The molecule has 0 saturated heterocycles. The molecule has 3 rings (SSSR count). The average Bonchev–Trinajstić information content (AvgIpc) is 2.97. The van der Waals surface area contributed by atoms with Crippen LogP contribution in [0.5, 0.6) is 0 Å². The van der Waals surface area contributed by atoms with Crippen molar-refractivity contribution in [1.82, 2.24) is 5.32 Å². The molecule has 0 bridgehead atoms. The van der Waals surface area contributed by atoms with Gasteiger partial charge in [-0.1, -0.05) is 53.0 Å². The summed E-state index contributed by atoms with van der Waals surface area (Å²) in [5.74, 6) is 1.64. The fourth-order valence-electron chi connectivity index (χ4n) is 2.36. The zero-order valence-electron chi connectivity index (χ0n) is 13.2. The molecule has 0 radical (unpaired) electrons. The van der Waals surface area contributed by atoms with Gasteiger partial charge in [0.25, 0.3) is 0 Å². The van der Waals surface area contributed by atoms with Crippen LogP contribution in [0.3, 0.4) is 0 Å². The maximum atomic E-state index is 6.03. The molecule has 3 aromatic rings. The molecule has 24 heavy (non-hydrogen) atoms. The van der Waals surface area contributed by atoms with E-state index in [-0.39, 0.29) is 12.4 Å². The maximum absolute atomic E-state index is 6.03. The zero-order chi connectivity index (χ0) is 16.2. The highest BCUT2D eigenvalue weighted by molar-refractivity contribution is 6.35. The average molecular weight is 383 g/mol. The van der Waals surface area contributed by atoms with E-state index in [0.717, 1.165) is 23.6 Å². The molecule has 1 N–H and O–H groups in total. The highest BCUT2D eigenvalue weighted by Crippen LogP contribution is 2.28. The third-order valence-corrected chi connectivity index (χ3v) is 3.99. The second-order valence-electron chi connectivity index (χ2n) is 5.51. The van der Waals surface area contributed by atoms with Crippen LogP contribution in [-0.4, -0.2) is 0 Å². The van der Waals surface area contributed by atoms with Crippen molar-refractivity contribution in [2.24, 2.45) is 0 Å². The van der Waals surface area contributed by atoms with Crippen molar-refractivity contribution in [2.75, 3.05) is 0 Å². The Morgan fingerprint density at radius 1 is 0.875 bits per heavy atom. The Balaban J connectivity index is 0.00000208. The molecule has 5 heteroatoms. The van der Waals surface area contributed by atoms with Crippen LogP contribution in [0.1, 0.15) is 16.9 Å². The van der Waals surface area contributed by atoms with Crippen LogP contribution in [-0.2, 0) is 13.1 Å². The largest absolute Gasteiger partial charge is 0.460 e. The van der Waals surface area contributed by atoms with Gasteiger partial charge in [-0.2, -0.15) is 0 Å². The van der Waals surface area contributed by atoms with Crippen molar-refractivity contribution in [2.45, 2.75) is 20.0 Å². The van der Waals surface area contributed by atoms with Gasteiger partial charge in [-0.25, -0.2) is 0 Å².